The lowest BCUT2D eigenvalue weighted by Gasteiger charge is -1.76. The first-order valence-corrected chi connectivity index (χ1v) is 2.74. The smallest absolute Gasteiger partial charge is 0.204 e. The number of ether oxygens (including phenoxy) is 1. The van der Waals surface area contributed by atoms with Gasteiger partial charge in [-0.3, -0.25) is 4.79 Å². The van der Waals surface area contributed by atoms with Crippen molar-refractivity contribution in [1.82, 2.24) is 0 Å². The average Bonchev–Trinajstić information content (AvgIpc) is 2.48. The van der Waals surface area contributed by atoms with E-state index in [9.17, 15) is 4.79 Å². The maximum Gasteiger partial charge on any atom is 0.204 e. The Bertz CT molecular complexity index is 135. The van der Waals surface area contributed by atoms with Crippen LogP contribution in [0.3, 0.4) is 0 Å². The van der Waals surface area contributed by atoms with Crippen LogP contribution in [0.4, 0.5) is 0 Å². The van der Waals surface area contributed by atoms with Gasteiger partial charge in [-0.05, 0) is 6.42 Å². The zero-order valence-electron chi connectivity index (χ0n) is 4.81. The van der Waals surface area contributed by atoms with Crippen molar-refractivity contribution in [2.45, 2.75) is 19.8 Å². The number of hydrogen-bond donors (Lipinski definition) is 0. The van der Waals surface area contributed by atoms with Crippen molar-refractivity contribution in [3.05, 3.63) is 11.5 Å². The van der Waals surface area contributed by atoms with E-state index in [4.69, 9.17) is 4.74 Å². The van der Waals surface area contributed by atoms with Crippen LogP contribution in [0.1, 0.15) is 19.8 Å². The van der Waals surface area contributed by atoms with E-state index in [0.29, 0.717) is 5.76 Å². The third-order valence-corrected chi connectivity index (χ3v) is 1.05. The predicted octanol–water partition coefficient (Wildman–Crippen LogP) is 1.23. The largest absolute Gasteiger partial charge is 0.451 e. The van der Waals surface area contributed by atoms with Crippen molar-refractivity contribution < 1.29 is 9.53 Å². The fourth-order valence-corrected chi connectivity index (χ4v) is 0.598. The summed E-state index contributed by atoms with van der Waals surface area (Å²) in [7, 11) is 0. The number of carbonyl (C=O) groups is 1. The maximum atomic E-state index is 9.87. The monoisotopic (exact) mass is 112 g/mol. The van der Waals surface area contributed by atoms with Crippen LogP contribution >= 0.6 is 0 Å². The van der Waals surface area contributed by atoms with E-state index in [-0.39, 0.29) is 0 Å². The number of allylic oxidation sites excluding steroid dienone is 2. The third kappa shape index (κ3) is 0.886. The molecule has 8 heavy (non-hydrogen) atoms. The molecule has 0 aromatic rings. The first-order valence-electron chi connectivity index (χ1n) is 2.74. The van der Waals surface area contributed by atoms with Crippen LogP contribution in [-0.4, -0.2) is 6.29 Å². The first kappa shape index (κ1) is 5.35. The van der Waals surface area contributed by atoms with Gasteiger partial charge in [0, 0.05) is 6.42 Å². The molecule has 0 aliphatic carbocycles. The highest BCUT2D eigenvalue weighted by atomic mass is 16.6. The topological polar surface area (TPSA) is 29.6 Å². The lowest BCUT2D eigenvalue weighted by atomic mass is 10.3. The zero-order valence-corrected chi connectivity index (χ0v) is 4.81. The van der Waals surface area contributed by atoms with Crippen molar-refractivity contribution >= 4 is 6.29 Å². The Morgan fingerprint density at radius 2 is 2.50 bits per heavy atom. The molecule has 1 aliphatic heterocycles. The fraction of sp³-hybridized carbons (Fsp3) is 0.500. The Kier molecular flexibility index (Phi) is 1.33. The molecule has 0 aromatic carbocycles. The Morgan fingerprint density at radius 3 is 2.88 bits per heavy atom. The van der Waals surface area contributed by atoms with Crippen LogP contribution < -0.4 is 0 Å². The summed E-state index contributed by atoms with van der Waals surface area (Å²) < 4.78 is 4.77. The van der Waals surface area contributed by atoms with Gasteiger partial charge in [-0.1, -0.05) is 6.92 Å². The molecule has 1 rings (SSSR count). The molecule has 0 radical (unpaired) electrons. The normalized spacial score (nSPS) is 15.6. The van der Waals surface area contributed by atoms with Gasteiger partial charge in [0.2, 0.25) is 5.76 Å². The predicted molar refractivity (Wildman–Crippen MR) is 29.1 cm³/mol. The summed E-state index contributed by atoms with van der Waals surface area (Å²) in [5.74, 6) is 1.43. The van der Waals surface area contributed by atoms with Crippen molar-refractivity contribution in [2.24, 2.45) is 0 Å². The number of hydrogen-bond acceptors (Lipinski definition) is 2. The molecule has 2 nitrogen and oxygen atoms in total. The second kappa shape index (κ2) is 1.99. The highest BCUT2D eigenvalue weighted by Crippen LogP contribution is 2.27. The fourth-order valence-electron chi connectivity index (χ4n) is 0.598. The number of rotatable bonds is 3. The van der Waals surface area contributed by atoms with E-state index in [1.165, 1.54) is 0 Å². The standard InChI is InChI=1S/C6H8O2/c1-2-3-5-6(4-7)8-5/h4H,2-3H2,1H3. The molecule has 0 aromatic heterocycles. The molecule has 0 bridgehead atoms. The molecule has 0 atom stereocenters. The van der Waals surface area contributed by atoms with E-state index in [2.05, 4.69) is 6.92 Å². The van der Waals surface area contributed by atoms with Gasteiger partial charge in [0.1, 0.15) is 0 Å². The van der Waals surface area contributed by atoms with Gasteiger partial charge in [0.15, 0.2) is 12.0 Å². The minimum Gasteiger partial charge on any atom is -0.451 e. The summed E-state index contributed by atoms with van der Waals surface area (Å²) in [5.41, 5.74) is 0. The molecule has 1 heterocycles. The molecule has 2 heteroatoms. The van der Waals surface area contributed by atoms with Gasteiger partial charge >= 0.3 is 0 Å². The molecule has 0 N–H and O–H groups in total. The Balaban J connectivity index is 2.30. The summed E-state index contributed by atoms with van der Waals surface area (Å²) >= 11 is 0. The Labute approximate surface area is 48.1 Å². The summed E-state index contributed by atoms with van der Waals surface area (Å²) in [6.07, 6.45) is 2.71. The van der Waals surface area contributed by atoms with Gasteiger partial charge in [-0.15, -0.1) is 0 Å². The molecule has 0 amide bonds. The van der Waals surface area contributed by atoms with E-state index in [1.807, 2.05) is 0 Å². The summed E-state index contributed by atoms with van der Waals surface area (Å²) in [4.78, 5) is 9.87. The van der Waals surface area contributed by atoms with E-state index in [1.54, 1.807) is 0 Å². The van der Waals surface area contributed by atoms with Gasteiger partial charge in [0.05, 0.1) is 0 Å². The highest BCUT2D eigenvalue weighted by molar-refractivity contribution is 5.75. The summed E-state index contributed by atoms with van der Waals surface area (Å²) in [5, 5.41) is 0. The van der Waals surface area contributed by atoms with E-state index in [0.717, 1.165) is 24.9 Å². The van der Waals surface area contributed by atoms with Crippen LogP contribution in [0, 0.1) is 0 Å². The van der Waals surface area contributed by atoms with E-state index >= 15 is 0 Å². The van der Waals surface area contributed by atoms with Gasteiger partial charge in [0.25, 0.3) is 0 Å². The molecular weight excluding hydrogens is 104 g/mol. The second-order valence-corrected chi connectivity index (χ2v) is 1.76. The lowest BCUT2D eigenvalue weighted by molar-refractivity contribution is -0.105. The Morgan fingerprint density at radius 1 is 1.75 bits per heavy atom. The molecule has 44 valence electrons. The molecule has 0 saturated heterocycles. The molecule has 1 aliphatic rings. The van der Waals surface area contributed by atoms with Crippen LogP contribution in [0.5, 0.6) is 0 Å². The van der Waals surface area contributed by atoms with Crippen molar-refractivity contribution in [1.29, 1.82) is 0 Å². The SMILES string of the molecule is CCCC1=C(C=O)O1. The number of aldehydes is 1. The molecule has 0 fully saturated rings. The van der Waals surface area contributed by atoms with Crippen molar-refractivity contribution in [2.75, 3.05) is 0 Å². The average molecular weight is 112 g/mol. The van der Waals surface area contributed by atoms with Crippen LogP contribution in [0.2, 0.25) is 0 Å². The van der Waals surface area contributed by atoms with Crippen LogP contribution in [0.15, 0.2) is 11.5 Å². The molecule has 0 saturated carbocycles. The lowest BCUT2D eigenvalue weighted by Crippen LogP contribution is -1.61. The quantitative estimate of drug-likeness (QED) is 0.514. The van der Waals surface area contributed by atoms with Gasteiger partial charge < -0.3 is 4.74 Å². The second-order valence-electron chi connectivity index (χ2n) is 1.76. The van der Waals surface area contributed by atoms with Crippen LogP contribution in [-0.2, 0) is 9.53 Å². The third-order valence-electron chi connectivity index (χ3n) is 1.05. The van der Waals surface area contributed by atoms with Crippen LogP contribution in [0.25, 0.3) is 0 Å². The first-order chi connectivity index (χ1) is 3.88. The summed E-state index contributed by atoms with van der Waals surface area (Å²) in [6, 6.07) is 0. The molecule has 0 spiro atoms. The molecular formula is C6H8O2. The van der Waals surface area contributed by atoms with E-state index < -0.39 is 0 Å². The minimum atomic E-state index is 0.548. The maximum absolute atomic E-state index is 9.87. The number of carbonyl (C=O) groups excluding carboxylic acids is 1. The summed E-state index contributed by atoms with van der Waals surface area (Å²) in [6.45, 7) is 2.05. The zero-order chi connectivity index (χ0) is 5.98. The highest BCUT2D eigenvalue weighted by Gasteiger charge is 2.21. The van der Waals surface area contributed by atoms with Crippen molar-refractivity contribution in [3.8, 4) is 0 Å². The van der Waals surface area contributed by atoms with Gasteiger partial charge in [-0.2, -0.15) is 0 Å². The molecule has 0 unspecified atom stereocenters. The van der Waals surface area contributed by atoms with Gasteiger partial charge in [-0.25, -0.2) is 0 Å². The Hall–Kier alpha value is -0.790. The minimum absolute atomic E-state index is 0.548. The van der Waals surface area contributed by atoms with Crippen molar-refractivity contribution in [3.63, 3.8) is 0 Å².